The Balaban J connectivity index is 1.48. The lowest BCUT2D eigenvalue weighted by atomic mass is 9.92. The van der Waals surface area contributed by atoms with Crippen LogP contribution in [-0.4, -0.2) is 29.3 Å². The maximum absolute atomic E-state index is 14.0. The maximum Gasteiger partial charge on any atom is 0.408 e. The zero-order valence-corrected chi connectivity index (χ0v) is 17.3. The van der Waals surface area contributed by atoms with Crippen LogP contribution in [0.4, 0.5) is 13.6 Å². The molecule has 1 aliphatic rings. The molecular formula is C25H21F2NO4. The molecule has 0 saturated heterocycles. The first-order valence-corrected chi connectivity index (χ1v) is 10.1. The van der Waals surface area contributed by atoms with Gasteiger partial charge in [-0.25, -0.2) is 18.4 Å². The molecule has 0 bridgehead atoms. The van der Waals surface area contributed by atoms with Crippen LogP contribution in [0.25, 0.3) is 11.1 Å². The number of hydrogen-bond donors (Lipinski definition) is 2. The van der Waals surface area contributed by atoms with Crippen LogP contribution in [-0.2, 0) is 16.0 Å². The second kappa shape index (κ2) is 8.42. The summed E-state index contributed by atoms with van der Waals surface area (Å²) in [7, 11) is 0. The number of ether oxygens (including phenoxy) is 1. The Kier molecular flexibility index (Phi) is 5.65. The fourth-order valence-electron chi connectivity index (χ4n) is 4.08. The molecule has 164 valence electrons. The van der Waals surface area contributed by atoms with Crippen molar-refractivity contribution in [2.24, 2.45) is 0 Å². The molecule has 3 aromatic carbocycles. The minimum Gasteiger partial charge on any atom is -0.480 e. The number of halogens is 2. The number of rotatable bonds is 6. The van der Waals surface area contributed by atoms with Crippen LogP contribution in [0.2, 0.25) is 0 Å². The lowest BCUT2D eigenvalue weighted by Gasteiger charge is -2.26. The number of carboxylic acid groups (broad SMARTS) is 1. The van der Waals surface area contributed by atoms with Gasteiger partial charge in [0, 0.05) is 18.4 Å². The van der Waals surface area contributed by atoms with E-state index in [1.165, 1.54) is 6.92 Å². The number of fused-ring (bicyclic) bond motifs is 3. The highest BCUT2D eigenvalue weighted by atomic mass is 19.1. The van der Waals surface area contributed by atoms with Crippen molar-refractivity contribution in [3.05, 3.63) is 95.1 Å². The molecule has 0 aromatic heterocycles. The fraction of sp³-hybridized carbons (Fsp3) is 0.200. The number of hydrogen-bond acceptors (Lipinski definition) is 3. The van der Waals surface area contributed by atoms with Crippen molar-refractivity contribution in [2.45, 2.75) is 24.8 Å². The van der Waals surface area contributed by atoms with Crippen molar-refractivity contribution < 1.29 is 28.2 Å². The molecule has 0 aliphatic heterocycles. The highest BCUT2D eigenvalue weighted by Gasteiger charge is 2.37. The predicted octanol–water partition coefficient (Wildman–Crippen LogP) is 4.89. The average molecular weight is 437 g/mol. The molecule has 7 heteroatoms. The van der Waals surface area contributed by atoms with E-state index in [-0.39, 0.29) is 24.5 Å². The molecule has 4 rings (SSSR count). The van der Waals surface area contributed by atoms with Gasteiger partial charge >= 0.3 is 12.1 Å². The molecule has 1 amide bonds. The van der Waals surface area contributed by atoms with Gasteiger partial charge in [0.05, 0.1) is 0 Å². The number of aliphatic carboxylic acids is 1. The average Bonchev–Trinajstić information content (AvgIpc) is 3.08. The van der Waals surface area contributed by atoms with Gasteiger partial charge in [-0.3, -0.25) is 0 Å². The number of benzene rings is 3. The topological polar surface area (TPSA) is 75.6 Å². The Hall–Kier alpha value is -3.74. The van der Waals surface area contributed by atoms with E-state index in [2.05, 4.69) is 5.32 Å². The second-order valence-electron chi connectivity index (χ2n) is 8.00. The maximum atomic E-state index is 14.0. The molecule has 1 atom stereocenters. The van der Waals surface area contributed by atoms with Gasteiger partial charge in [-0.15, -0.1) is 0 Å². The minimum absolute atomic E-state index is 0.0144. The number of amides is 1. The number of carboxylic acids is 1. The van der Waals surface area contributed by atoms with E-state index in [4.69, 9.17) is 4.74 Å². The number of carbonyl (C=O) groups is 2. The SMILES string of the molecule is C[C@](Cc1ccc(F)cc1F)(NC(=O)OCC1c2ccccc2-c2ccccc21)C(=O)O. The quantitative estimate of drug-likeness (QED) is 0.576. The number of nitrogens with one attached hydrogen (secondary N) is 1. The van der Waals surface area contributed by atoms with E-state index < -0.39 is 29.2 Å². The zero-order valence-electron chi connectivity index (χ0n) is 17.3. The van der Waals surface area contributed by atoms with E-state index in [9.17, 15) is 23.5 Å². The first-order chi connectivity index (χ1) is 15.3. The molecule has 32 heavy (non-hydrogen) atoms. The first-order valence-electron chi connectivity index (χ1n) is 10.1. The van der Waals surface area contributed by atoms with Gasteiger partial charge in [0.25, 0.3) is 0 Å². The molecular weight excluding hydrogens is 416 g/mol. The highest BCUT2D eigenvalue weighted by molar-refractivity contribution is 5.84. The van der Waals surface area contributed by atoms with Crippen LogP contribution >= 0.6 is 0 Å². The van der Waals surface area contributed by atoms with E-state index in [1.54, 1.807) is 0 Å². The van der Waals surface area contributed by atoms with Crippen molar-refractivity contribution in [2.75, 3.05) is 6.61 Å². The predicted molar refractivity (Wildman–Crippen MR) is 114 cm³/mol. The van der Waals surface area contributed by atoms with Gasteiger partial charge < -0.3 is 15.2 Å². The zero-order chi connectivity index (χ0) is 22.9. The Bertz CT molecular complexity index is 1150. The standard InChI is InChI=1S/C25H21F2NO4/c1-25(23(29)30,13-15-10-11-16(26)12-22(15)27)28-24(31)32-14-21-19-8-4-2-6-17(19)18-7-3-5-9-20(18)21/h2-12,21H,13-14H2,1H3,(H,28,31)(H,29,30)/t25-/m1/s1. The van der Waals surface area contributed by atoms with Crippen LogP contribution in [0.15, 0.2) is 66.7 Å². The molecule has 3 aromatic rings. The van der Waals surface area contributed by atoms with Gasteiger partial charge in [-0.2, -0.15) is 0 Å². The largest absolute Gasteiger partial charge is 0.480 e. The van der Waals surface area contributed by atoms with Crippen molar-refractivity contribution in [3.63, 3.8) is 0 Å². The monoisotopic (exact) mass is 437 g/mol. The molecule has 0 saturated carbocycles. The van der Waals surface area contributed by atoms with Crippen molar-refractivity contribution in [3.8, 4) is 11.1 Å². The molecule has 0 heterocycles. The molecule has 1 aliphatic carbocycles. The molecule has 2 N–H and O–H groups in total. The third kappa shape index (κ3) is 4.06. The third-order valence-electron chi connectivity index (χ3n) is 5.75. The summed E-state index contributed by atoms with van der Waals surface area (Å²) < 4.78 is 32.6. The summed E-state index contributed by atoms with van der Waals surface area (Å²) in [5.74, 6) is -3.20. The Morgan fingerprint density at radius 2 is 1.59 bits per heavy atom. The van der Waals surface area contributed by atoms with Gasteiger partial charge in [0.15, 0.2) is 0 Å². The van der Waals surface area contributed by atoms with Gasteiger partial charge in [-0.1, -0.05) is 54.6 Å². The third-order valence-corrected chi connectivity index (χ3v) is 5.75. The fourth-order valence-corrected chi connectivity index (χ4v) is 4.08. The van der Waals surface area contributed by atoms with E-state index in [0.29, 0.717) is 6.07 Å². The summed E-state index contributed by atoms with van der Waals surface area (Å²) in [6.45, 7) is 1.26. The summed E-state index contributed by atoms with van der Waals surface area (Å²) in [5.41, 5.74) is 2.31. The van der Waals surface area contributed by atoms with Crippen molar-refractivity contribution in [1.29, 1.82) is 0 Å². The van der Waals surface area contributed by atoms with Gasteiger partial charge in [0.1, 0.15) is 23.8 Å². The molecule has 0 unspecified atom stereocenters. The summed E-state index contributed by atoms with van der Waals surface area (Å²) in [6.07, 6.45) is -1.31. The number of carbonyl (C=O) groups excluding carboxylic acids is 1. The van der Waals surface area contributed by atoms with Gasteiger partial charge in [-0.05, 0) is 40.8 Å². The molecule has 5 nitrogen and oxygen atoms in total. The van der Waals surface area contributed by atoms with Crippen molar-refractivity contribution in [1.82, 2.24) is 5.32 Å². The van der Waals surface area contributed by atoms with E-state index in [1.807, 2.05) is 48.5 Å². The number of alkyl carbamates (subject to hydrolysis) is 1. The summed E-state index contributed by atoms with van der Waals surface area (Å²) >= 11 is 0. The highest BCUT2D eigenvalue weighted by Crippen LogP contribution is 2.44. The van der Waals surface area contributed by atoms with Gasteiger partial charge in [0.2, 0.25) is 0 Å². The summed E-state index contributed by atoms with van der Waals surface area (Å²) in [5, 5.41) is 12.0. The molecule has 0 fully saturated rings. The summed E-state index contributed by atoms with van der Waals surface area (Å²) in [6, 6.07) is 18.5. The minimum atomic E-state index is -1.85. The smallest absolute Gasteiger partial charge is 0.408 e. The second-order valence-corrected chi connectivity index (χ2v) is 8.00. The molecule has 0 spiro atoms. The lowest BCUT2D eigenvalue weighted by Crippen LogP contribution is -2.54. The van der Waals surface area contributed by atoms with Crippen LogP contribution in [0, 0.1) is 11.6 Å². The molecule has 0 radical (unpaired) electrons. The first kappa shape index (κ1) is 21.5. The van der Waals surface area contributed by atoms with Crippen LogP contribution in [0.1, 0.15) is 29.5 Å². The Morgan fingerprint density at radius 3 is 2.16 bits per heavy atom. The van der Waals surface area contributed by atoms with E-state index >= 15 is 0 Å². The lowest BCUT2D eigenvalue weighted by molar-refractivity contribution is -0.143. The Labute approximate surface area is 183 Å². The Morgan fingerprint density at radius 1 is 1.00 bits per heavy atom. The van der Waals surface area contributed by atoms with E-state index in [0.717, 1.165) is 34.4 Å². The van der Waals surface area contributed by atoms with Crippen LogP contribution < -0.4 is 5.32 Å². The summed E-state index contributed by atoms with van der Waals surface area (Å²) in [4.78, 5) is 24.4. The normalized spacial score (nSPS) is 14.2. The van der Waals surface area contributed by atoms with Crippen LogP contribution in [0.5, 0.6) is 0 Å². The van der Waals surface area contributed by atoms with Crippen molar-refractivity contribution >= 4 is 12.1 Å². The van der Waals surface area contributed by atoms with Crippen LogP contribution in [0.3, 0.4) is 0 Å².